The molecule has 16 rings (SSSR count). The van der Waals surface area contributed by atoms with Gasteiger partial charge in [-0.3, -0.25) is 19.9 Å². The number of carbonyl (C=O) groups is 1. The minimum absolute atomic E-state index is 0.0282. The van der Waals surface area contributed by atoms with Crippen LogP contribution in [0.3, 0.4) is 0 Å². The van der Waals surface area contributed by atoms with Crippen LogP contribution in [0.4, 0.5) is 29.6 Å². The topological polar surface area (TPSA) is 508 Å². The van der Waals surface area contributed by atoms with Crippen molar-refractivity contribution in [2.45, 2.75) is 138 Å². The second kappa shape index (κ2) is 43.2. The van der Waals surface area contributed by atoms with Crippen molar-refractivity contribution in [3.05, 3.63) is 198 Å². The highest BCUT2D eigenvalue weighted by molar-refractivity contribution is 6.03. The smallest absolute Gasteiger partial charge is 0.261 e. The van der Waals surface area contributed by atoms with E-state index in [0.717, 1.165) is 47.5 Å². The van der Waals surface area contributed by atoms with Crippen molar-refractivity contribution in [1.82, 2.24) is 115 Å². The third-order valence-corrected chi connectivity index (χ3v) is 18.8. The lowest BCUT2D eigenvalue weighted by Gasteiger charge is -2.19. The van der Waals surface area contributed by atoms with Crippen molar-refractivity contribution in [3.8, 4) is 35.0 Å². The highest BCUT2D eigenvalue weighted by Gasteiger charge is 2.20. The van der Waals surface area contributed by atoms with Crippen LogP contribution in [0.15, 0.2) is 171 Å². The summed E-state index contributed by atoms with van der Waals surface area (Å²) in [6.07, 6.45) is 22.1. The van der Waals surface area contributed by atoms with Crippen molar-refractivity contribution in [2.75, 3.05) is 67.5 Å². The Morgan fingerprint density at radius 2 is 0.934 bits per heavy atom. The van der Waals surface area contributed by atoms with Crippen LogP contribution in [0, 0.1) is 11.8 Å². The number of carbonyl (C=O) groups excluding carboxylic acids is 1. The molecule has 0 spiro atoms. The average Bonchev–Trinajstić information content (AvgIpc) is 1.78. The average molecular weight is 1650 g/mol. The fourth-order valence-corrected chi connectivity index (χ4v) is 12.0. The number of ether oxygens (including phenoxy) is 6. The molecule has 12 heterocycles. The fourth-order valence-electron chi connectivity index (χ4n) is 12.0. The molecule has 0 aliphatic heterocycles. The Balaban J connectivity index is 0.000000142. The Kier molecular flexibility index (Phi) is 31.3. The summed E-state index contributed by atoms with van der Waals surface area (Å²) in [7, 11) is 0. The number of rotatable bonds is 29. The maximum absolute atomic E-state index is 12.3. The van der Waals surface area contributed by atoms with Gasteiger partial charge in [-0.15, -0.1) is 0 Å². The molecule has 0 saturated heterocycles. The number of nitrogens with one attached hydrogen (secondary N) is 9. The summed E-state index contributed by atoms with van der Waals surface area (Å²) in [5, 5.41) is 6.30. The molecule has 16 aromatic rings. The maximum Gasteiger partial charge on any atom is 0.261 e. The third kappa shape index (κ3) is 25.6. The zero-order valence-electron chi connectivity index (χ0n) is 69.5. The molecule has 0 bridgehead atoms. The molecule has 2 unspecified atom stereocenters. The van der Waals surface area contributed by atoms with E-state index in [1.807, 2.05) is 84.9 Å². The largest absolute Gasteiger partial charge is 0.490 e. The van der Waals surface area contributed by atoms with E-state index in [2.05, 4.69) is 207 Å². The zero-order valence-corrected chi connectivity index (χ0v) is 69.5. The minimum atomic E-state index is -0.320. The van der Waals surface area contributed by atoms with Gasteiger partial charge in [0.15, 0.2) is 34.1 Å². The minimum Gasteiger partial charge on any atom is -0.490 e. The summed E-state index contributed by atoms with van der Waals surface area (Å²) in [4.78, 5) is 110. The van der Waals surface area contributed by atoms with Gasteiger partial charge >= 0.3 is 0 Å². The van der Waals surface area contributed by atoms with E-state index in [4.69, 9.17) is 45.6 Å². The number of aromatic amines is 7. The van der Waals surface area contributed by atoms with Crippen molar-refractivity contribution in [1.29, 1.82) is 0 Å². The first-order chi connectivity index (χ1) is 58.6. The van der Waals surface area contributed by atoms with Gasteiger partial charge in [0, 0.05) is 24.9 Å². The van der Waals surface area contributed by atoms with E-state index in [-0.39, 0.29) is 46.1 Å². The predicted octanol–water partition coefficient (Wildman–Crippen LogP) is 14.7. The molecule has 36 nitrogen and oxygen atoms in total. The Labute approximate surface area is 697 Å². The first-order valence-electron chi connectivity index (χ1n) is 40.0. The number of imidazole rings is 5. The van der Waals surface area contributed by atoms with E-state index in [0.29, 0.717) is 142 Å². The number of hydrogen-bond donors (Lipinski definition) is 12. The van der Waals surface area contributed by atoms with Gasteiger partial charge in [0.1, 0.15) is 77.2 Å². The summed E-state index contributed by atoms with van der Waals surface area (Å²) in [5.74, 6) is 5.61. The van der Waals surface area contributed by atoms with Crippen LogP contribution >= 0.6 is 0 Å². The highest BCUT2D eigenvalue weighted by Crippen LogP contribution is 2.30. The Bertz CT molecular complexity index is 5900. The number of aromatic nitrogens is 23. The van der Waals surface area contributed by atoms with Crippen LogP contribution in [0.25, 0.3) is 66.9 Å². The van der Waals surface area contributed by atoms with Gasteiger partial charge in [-0.2, -0.15) is 44.9 Å². The van der Waals surface area contributed by atoms with Gasteiger partial charge in [-0.1, -0.05) is 181 Å². The van der Waals surface area contributed by atoms with E-state index in [1.165, 1.54) is 68.6 Å². The molecule has 4 aromatic carbocycles. The number of nitrogens with zero attached hydrogens (tertiary/aromatic N) is 16. The van der Waals surface area contributed by atoms with E-state index < -0.39 is 0 Å². The van der Waals surface area contributed by atoms with Crippen LogP contribution in [-0.2, 0) is 22.1 Å². The van der Waals surface area contributed by atoms with E-state index in [1.54, 1.807) is 49.7 Å². The number of benzene rings is 4. The van der Waals surface area contributed by atoms with Crippen LogP contribution < -0.4 is 57.1 Å². The molecular weight excluding hydrogens is 1540 g/mol. The number of anilines is 5. The number of H-pyrrole nitrogens is 7. The van der Waals surface area contributed by atoms with E-state index >= 15 is 0 Å². The SMILES string of the molecule is CC(C)(C)c1ccc(C(=O)Nc2nc3[nH]ccc3c(=O)[nH]2)cc1.CC(C)(C)c1ccc(Oc2ncnc3nc[nH]c23)cc1.CCCCC(CC)COCCOc1nc(N)nc2nc[nH]c12.CCCCC(CC)COc1ncnc2nc[nH]c12.Nc1nc(NCc2ccccc2)c2[nH]cnc2n1.Nc1nc(OCCOc2ccccc2)c2[nH]cnc2n1. The fraction of sp³-hybridized carbons (Fsp3) is 0.341. The first-order valence-corrected chi connectivity index (χ1v) is 40.0. The van der Waals surface area contributed by atoms with Crippen LogP contribution in [0.1, 0.15) is 148 Å². The van der Waals surface area contributed by atoms with Crippen molar-refractivity contribution < 1.29 is 33.2 Å². The first kappa shape index (κ1) is 87.5. The molecule has 0 fully saturated rings. The molecule has 1 amide bonds. The molecule has 632 valence electrons. The van der Waals surface area contributed by atoms with Gasteiger partial charge in [-0.25, -0.2) is 34.9 Å². The predicted molar refractivity (Wildman–Crippen MR) is 466 cm³/mol. The Morgan fingerprint density at radius 3 is 1.49 bits per heavy atom. The van der Waals surface area contributed by atoms with Crippen molar-refractivity contribution in [3.63, 3.8) is 0 Å². The monoisotopic (exact) mass is 1640 g/mol. The lowest BCUT2D eigenvalue weighted by atomic mass is 9.87. The highest BCUT2D eigenvalue weighted by atomic mass is 16.5. The summed E-state index contributed by atoms with van der Waals surface area (Å²) in [6, 6.07) is 36.7. The van der Waals surface area contributed by atoms with Crippen molar-refractivity contribution in [2.24, 2.45) is 11.8 Å². The number of fused-ring (bicyclic) bond motifs is 6. The second-order valence-electron chi connectivity index (χ2n) is 29.8. The lowest BCUT2D eigenvalue weighted by Crippen LogP contribution is -2.18. The standard InChI is InChI=1S/C17H18N4O2.C15H25N5O2.C15H16N4O.C13H13N5O2.C13H20N4O.C12H12N6/c1-17(2,3)11-6-4-10(5-7-11)14(22)20-16-19-13-12(8-9-18-13)15(23)21-16;1-3-5-6-11(4-2)9-21-7-8-22-14-12-13(18-10-17-12)19-15(16)20-14;1-15(2,3)10-4-6-11(7-5-10)20-14-12-13(17-8-16-12)18-9-19-14;14-13-17-11-10(15-8-16-11)12(18-13)20-7-6-19-9-4-2-1-3-5-9;1-3-5-6-10(4-2)7-18-13-11-12(15-8-14-11)16-9-17-13;13-12-17-10(9-11(18-12)16-7-15-9)14-6-8-4-2-1-3-5-8/h4-9H,1-3H3,(H3,18,19,20,21,22,23);10-11H,3-9H2,1-2H3,(H3,16,17,18,19,20);4-9H,1-3H3,(H,16,17,18,19);1-5,8H,6-7H2,(H3,14,15,16,17,18);8-10H,3-7H2,1-2H3,(H,14,15,16,17);1-5,7H,6H2,(H4,13,14,15,16,17,18). The quantitative estimate of drug-likeness (QED) is 0.0194. The maximum atomic E-state index is 12.3. The number of nitrogens with two attached hydrogens (primary N) is 3. The summed E-state index contributed by atoms with van der Waals surface area (Å²) < 4.78 is 34.0. The summed E-state index contributed by atoms with van der Waals surface area (Å²) in [5.41, 5.74) is 27.6. The van der Waals surface area contributed by atoms with Gasteiger partial charge in [0.25, 0.3) is 11.5 Å². The molecule has 0 aliphatic rings. The third-order valence-electron chi connectivity index (χ3n) is 18.8. The van der Waals surface area contributed by atoms with Gasteiger partial charge < -0.3 is 80.8 Å². The van der Waals surface area contributed by atoms with Crippen LogP contribution in [0.5, 0.6) is 35.0 Å². The molecule has 15 N–H and O–H groups in total. The van der Waals surface area contributed by atoms with Gasteiger partial charge in [0.05, 0.1) is 50.2 Å². The molecule has 0 aliphatic carbocycles. The molecule has 2 atom stereocenters. The summed E-state index contributed by atoms with van der Waals surface area (Å²) in [6.45, 7) is 25.6. The normalized spacial score (nSPS) is 11.7. The molecule has 0 radical (unpaired) electrons. The van der Waals surface area contributed by atoms with E-state index in [9.17, 15) is 9.59 Å². The van der Waals surface area contributed by atoms with Crippen LogP contribution in [-0.4, -0.2) is 160 Å². The number of nitrogen functional groups attached to an aromatic ring is 3. The molecule has 36 heteroatoms. The lowest BCUT2D eigenvalue weighted by molar-refractivity contribution is 0.0692. The Hall–Kier alpha value is -14.3. The molecule has 0 saturated carbocycles. The number of hydrogen-bond acceptors (Lipinski definition) is 28. The molecule has 121 heavy (non-hydrogen) atoms. The van der Waals surface area contributed by atoms with Gasteiger partial charge in [0.2, 0.25) is 47.3 Å². The second-order valence-corrected chi connectivity index (χ2v) is 29.8. The van der Waals surface area contributed by atoms with Gasteiger partial charge in [-0.05, 0) is 94.7 Å². The molecule has 12 aromatic heterocycles. The molecular formula is C85H104N28O8. The van der Waals surface area contributed by atoms with Crippen LogP contribution in [0.2, 0.25) is 0 Å². The number of amides is 1. The number of para-hydroxylation sites is 1. The zero-order chi connectivity index (χ0) is 85.5. The Morgan fingerprint density at radius 1 is 0.455 bits per heavy atom. The van der Waals surface area contributed by atoms with Crippen molar-refractivity contribution >= 4 is 102 Å². The number of unbranched alkanes of at least 4 members (excludes halogenated alkanes) is 2. The summed E-state index contributed by atoms with van der Waals surface area (Å²) >= 11 is 0.